The molecule has 0 radical (unpaired) electrons. The Hall–Kier alpha value is -3.46. The van der Waals surface area contributed by atoms with Crippen molar-refractivity contribution in [1.29, 1.82) is 1.43 Å². The summed E-state index contributed by atoms with van der Waals surface area (Å²) in [7, 11) is 1.29. The number of esters is 3. The minimum Gasteiger partial charge on any atom is -0.481 e. The number of cyclic esters (lactones) is 2. The number of terminal acetylenes is 1. The first-order chi connectivity index (χ1) is 20.5. The second-order valence-electron chi connectivity index (χ2n) is 9.85. The van der Waals surface area contributed by atoms with Gasteiger partial charge in [0.15, 0.2) is 0 Å². The van der Waals surface area contributed by atoms with Crippen molar-refractivity contribution >= 4 is 35.7 Å². The van der Waals surface area contributed by atoms with Crippen molar-refractivity contribution in [3.8, 4) is 12.3 Å². The van der Waals surface area contributed by atoms with Crippen molar-refractivity contribution in [1.82, 2.24) is 10.2 Å². The van der Waals surface area contributed by atoms with Gasteiger partial charge in [-0.15, -0.1) is 12.3 Å². The lowest BCUT2D eigenvalue weighted by Gasteiger charge is -2.39. The molecule has 2 heterocycles. The van der Waals surface area contributed by atoms with Gasteiger partial charge in [0, 0.05) is 52.8 Å². The smallest absolute Gasteiger partial charge is 0.314 e. The van der Waals surface area contributed by atoms with Gasteiger partial charge in [0.1, 0.15) is 0 Å². The Bertz CT molecular complexity index is 917. The van der Waals surface area contributed by atoms with Crippen molar-refractivity contribution in [3.63, 3.8) is 0 Å². The fourth-order valence-electron chi connectivity index (χ4n) is 3.89. The highest BCUT2D eigenvalue weighted by molar-refractivity contribution is 5.92. The van der Waals surface area contributed by atoms with Gasteiger partial charge in [0.2, 0.25) is 13.2 Å². The SMILES string of the molecule is O=C1CCC(=O)O1.[2H]CC1(COC(=O)CCC(=O)O)CCN(C(=O)CCCCCNC(=O)CCCCC#C)CC1.[3H]OC. The van der Waals surface area contributed by atoms with Gasteiger partial charge in [-0.2, -0.15) is 0 Å². The number of ether oxygens (including phenoxy) is 2. The minimum atomic E-state index is -1.05. The first kappa shape index (κ1) is 33.7. The Morgan fingerprint density at radius 1 is 1.07 bits per heavy atom. The molecule has 12 nitrogen and oxygen atoms in total. The van der Waals surface area contributed by atoms with Gasteiger partial charge >= 0.3 is 23.9 Å². The van der Waals surface area contributed by atoms with Gasteiger partial charge in [0.25, 0.3) is 0 Å². The number of carboxylic acid groups (broad SMARTS) is 1. The predicted octanol–water partition coefficient (Wildman–Crippen LogP) is 2.35. The van der Waals surface area contributed by atoms with Gasteiger partial charge in [-0.3, -0.25) is 28.8 Å². The summed E-state index contributed by atoms with van der Waals surface area (Å²) in [5, 5.41) is 15.0. The van der Waals surface area contributed by atoms with E-state index in [0.717, 1.165) is 32.1 Å². The van der Waals surface area contributed by atoms with Gasteiger partial charge in [-0.25, -0.2) is 0 Å². The average Bonchev–Trinajstić information content (AvgIpc) is 3.37. The molecule has 232 valence electrons. The van der Waals surface area contributed by atoms with Crippen molar-refractivity contribution in [2.75, 3.05) is 33.4 Å². The average molecular weight is 586 g/mol. The van der Waals surface area contributed by atoms with E-state index < -0.39 is 29.3 Å². The fourth-order valence-corrected chi connectivity index (χ4v) is 3.89. The molecule has 2 rings (SSSR count). The van der Waals surface area contributed by atoms with Gasteiger partial charge in [-0.05, 0) is 38.5 Å². The second kappa shape index (κ2) is 22.3. The zero-order valence-electron chi connectivity index (χ0n) is 26.1. The number of piperidine rings is 1. The number of nitrogens with one attached hydrogen (secondary N) is 1. The number of aliphatic hydroxyl groups excluding tert-OH is 1. The van der Waals surface area contributed by atoms with E-state index in [1.165, 1.54) is 7.11 Å². The number of aliphatic hydroxyl groups is 1. The molecular formula is C29H46N2O10. The Morgan fingerprint density at radius 2 is 1.71 bits per heavy atom. The van der Waals surface area contributed by atoms with Crippen LogP contribution in [-0.4, -0.2) is 85.6 Å². The van der Waals surface area contributed by atoms with Gasteiger partial charge in [0.05, 0.1) is 32.3 Å². The lowest BCUT2D eigenvalue weighted by Crippen LogP contribution is -2.44. The Morgan fingerprint density at radius 3 is 2.24 bits per heavy atom. The van der Waals surface area contributed by atoms with Gasteiger partial charge in [-0.1, -0.05) is 13.3 Å². The third kappa shape index (κ3) is 19.3. The number of rotatable bonds is 15. The molecule has 2 saturated heterocycles. The Kier molecular flexibility index (Phi) is 18.3. The second-order valence-corrected chi connectivity index (χ2v) is 9.85. The maximum atomic E-state index is 12.5. The summed E-state index contributed by atoms with van der Waals surface area (Å²) in [6.07, 6.45) is 12.2. The number of aliphatic carboxylic acids is 1. The van der Waals surface area contributed by atoms with Crippen LogP contribution in [0.2, 0.25) is 0 Å². The van der Waals surface area contributed by atoms with E-state index in [2.05, 4.69) is 21.1 Å². The summed E-state index contributed by atoms with van der Waals surface area (Å²) in [5.74, 6) is 0.278. The molecule has 0 bridgehead atoms. The number of amides is 2. The Balaban J connectivity index is 0.00000149. The summed E-state index contributed by atoms with van der Waals surface area (Å²) in [4.78, 5) is 68.2. The number of hydrogen-bond acceptors (Lipinski definition) is 9. The topological polar surface area (TPSA) is 177 Å². The van der Waals surface area contributed by atoms with E-state index >= 15 is 0 Å². The maximum Gasteiger partial charge on any atom is 0.314 e. The van der Waals surface area contributed by atoms with Crippen LogP contribution in [0.25, 0.3) is 0 Å². The third-order valence-corrected chi connectivity index (χ3v) is 6.38. The molecule has 2 aliphatic heterocycles. The lowest BCUT2D eigenvalue weighted by atomic mass is 9.81. The van der Waals surface area contributed by atoms with E-state index in [1.807, 2.05) is 0 Å². The summed E-state index contributed by atoms with van der Waals surface area (Å²) in [5.41, 5.74) is -0.477. The van der Waals surface area contributed by atoms with E-state index in [-0.39, 0.29) is 51.0 Å². The normalized spacial score (nSPS) is 15.9. The maximum absolute atomic E-state index is 12.5. The van der Waals surface area contributed by atoms with Crippen LogP contribution in [0.15, 0.2) is 0 Å². The number of nitrogens with zero attached hydrogens (tertiary/aromatic N) is 1. The van der Waals surface area contributed by atoms with Crippen molar-refractivity contribution in [2.45, 2.75) is 96.8 Å². The summed E-state index contributed by atoms with van der Waals surface area (Å²) in [6, 6.07) is 0. The minimum absolute atomic E-state index is 0.0434. The van der Waals surface area contributed by atoms with Gasteiger partial charge < -0.3 is 29.9 Å². The first-order valence-corrected chi connectivity index (χ1v) is 13.9. The molecule has 2 amide bonds. The summed E-state index contributed by atoms with van der Waals surface area (Å²) in [6.45, 7) is 1.85. The standard InChI is InChI=1S/C24H38N2O6.C4H4O3.CH4O/c1-3-4-5-7-10-20(27)25-16-9-6-8-11-21(28)26-17-14-24(2,15-18-26)19-32-23(31)13-12-22(29)30;5-3-1-2-4(6)7-3;1-2/h1H,4-19H2,2H3,(H,25,27)(H,29,30);1-2H2;2H,1H3/i2D;;2T. The Labute approximate surface area is 245 Å². The number of carboxylic acids is 1. The summed E-state index contributed by atoms with van der Waals surface area (Å²) < 4.78 is 22.9. The zero-order valence-corrected chi connectivity index (χ0v) is 24.1. The highest BCUT2D eigenvalue weighted by Crippen LogP contribution is 2.31. The van der Waals surface area contributed by atoms with E-state index in [1.54, 1.807) is 4.90 Å². The van der Waals surface area contributed by atoms with E-state index in [4.69, 9.17) is 19.1 Å². The largest absolute Gasteiger partial charge is 0.481 e. The molecule has 0 unspecified atom stereocenters. The molecule has 12 heteroatoms. The van der Waals surface area contributed by atoms with Crippen LogP contribution in [0.3, 0.4) is 0 Å². The first-order valence-electron chi connectivity index (χ1n) is 15.0. The molecule has 0 aromatic heterocycles. The lowest BCUT2D eigenvalue weighted by molar-refractivity contribution is -0.152. The molecule has 3 N–H and O–H groups in total. The quantitative estimate of drug-likeness (QED) is 0.112. The van der Waals surface area contributed by atoms with Crippen LogP contribution < -0.4 is 5.32 Å². The van der Waals surface area contributed by atoms with Crippen LogP contribution >= 0.6 is 0 Å². The molecule has 0 atom stereocenters. The van der Waals surface area contributed by atoms with Crippen molar-refractivity contribution in [2.24, 2.45) is 5.41 Å². The van der Waals surface area contributed by atoms with Crippen LogP contribution in [0.4, 0.5) is 0 Å². The monoisotopic (exact) mass is 585 g/mol. The van der Waals surface area contributed by atoms with Crippen LogP contribution in [0, 0.1) is 17.8 Å². The summed E-state index contributed by atoms with van der Waals surface area (Å²) >= 11 is 0. The van der Waals surface area contributed by atoms with Crippen LogP contribution in [-0.2, 0) is 38.2 Å². The number of unbranched alkanes of at least 4 members (excludes halogenated alkanes) is 4. The predicted molar refractivity (Wildman–Crippen MR) is 149 cm³/mol. The molecule has 2 fully saturated rings. The third-order valence-electron chi connectivity index (χ3n) is 6.38. The van der Waals surface area contributed by atoms with Crippen molar-refractivity contribution < 1.29 is 49.8 Å². The molecule has 0 aliphatic carbocycles. The number of carbonyl (C=O) groups excluding carboxylic acids is 5. The molecule has 0 spiro atoms. The number of hydrogen-bond donors (Lipinski definition) is 3. The molecule has 2 aliphatic rings. The van der Waals surface area contributed by atoms with Crippen molar-refractivity contribution in [3.05, 3.63) is 0 Å². The highest BCUT2D eigenvalue weighted by Gasteiger charge is 2.33. The molecule has 0 saturated carbocycles. The molecule has 41 heavy (non-hydrogen) atoms. The van der Waals surface area contributed by atoms with E-state index in [0.29, 0.717) is 51.7 Å². The molecule has 0 aromatic carbocycles. The molecule has 0 aromatic rings. The van der Waals surface area contributed by atoms with E-state index in [9.17, 15) is 28.8 Å². The fraction of sp³-hybridized carbons (Fsp3) is 0.724. The molecular weight excluding hydrogens is 536 g/mol. The number of likely N-dealkylation sites (tertiary alicyclic amines) is 1. The number of carbonyl (C=O) groups is 6. The van der Waals surface area contributed by atoms with Crippen LogP contribution in [0.5, 0.6) is 0 Å². The van der Waals surface area contributed by atoms with Crippen LogP contribution in [0.1, 0.15) is 98.2 Å². The highest BCUT2D eigenvalue weighted by atomic mass is 16.6. The zero-order chi connectivity index (χ0) is 32.5.